The van der Waals surface area contributed by atoms with Gasteiger partial charge in [-0.05, 0) is 26.7 Å². The van der Waals surface area contributed by atoms with Gasteiger partial charge in [-0.2, -0.15) is 4.98 Å². The van der Waals surface area contributed by atoms with Crippen LogP contribution in [-0.2, 0) is 11.3 Å². The van der Waals surface area contributed by atoms with Gasteiger partial charge in [-0.15, -0.1) is 0 Å². The molecular weight excluding hydrogens is 330 g/mol. The molecule has 1 aliphatic carbocycles. The second-order valence-corrected chi connectivity index (χ2v) is 7.03. The monoisotopic (exact) mass is 351 g/mol. The van der Waals surface area contributed by atoms with Crippen molar-refractivity contribution in [2.45, 2.75) is 39.3 Å². The molecule has 1 N–H and O–H groups in total. The van der Waals surface area contributed by atoms with Crippen molar-refractivity contribution >= 4 is 5.91 Å². The second-order valence-electron chi connectivity index (χ2n) is 7.03. The first kappa shape index (κ1) is 16.5. The quantitative estimate of drug-likeness (QED) is 0.738. The number of aryl methyl sites for hydroxylation is 1. The Morgan fingerprint density at radius 2 is 2.12 bits per heavy atom. The van der Waals surface area contributed by atoms with Gasteiger partial charge in [0.25, 0.3) is 0 Å². The van der Waals surface area contributed by atoms with E-state index in [0.717, 1.165) is 18.4 Å². The number of rotatable bonds is 6. The van der Waals surface area contributed by atoms with Crippen molar-refractivity contribution in [2.24, 2.45) is 5.41 Å². The first-order valence-electron chi connectivity index (χ1n) is 8.73. The van der Waals surface area contributed by atoms with E-state index < -0.39 is 0 Å². The van der Waals surface area contributed by atoms with E-state index in [-0.39, 0.29) is 17.4 Å². The molecule has 1 fully saturated rings. The highest BCUT2D eigenvalue weighted by atomic mass is 16.5. The number of carbonyl (C=O) groups is 1. The summed E-state index contributed by atoms with van der Waals surface area (Å²) >= 11 is 0. The topological polar surface area (TPSA) is 85.8 Å². The average Bonchev–Trinajstić information content (AvgIpc) is 3.02. The molecule has 0 radical (unpaired) electrons. The van der Waals surface area contributed by atoms with Crippen LogP contribution < -0.4 is 5.32 Å². The number of nitrogens with one attached hydrogen (secondary N) is 1. The summed E-state index contributed by atoms with van der Waals surface area (Å²) in [6.45, 7) is 4.53. The summed E-state index contributed by atoms with van der Waals surface area (Å²) in [5.41, 5.74) is 1.71. The molecule has 0 spiro atoms. The number of aromatic nitrogens is 4. The molecule has 2 heterocycles. The van der Waals surface area contributed by atoms with Crippen LogP contribution in [0.15, 0.2) is 47.5 Å². The maximum Gasteiger partial charge on any atom is 0.249 e. The van der Waals surface area contributed by atoms with E-state index in [4.69, 9.17) is 4.52 Å². The summed E-state index contributed by atoms with van der Waals surface area (Å²) in [6.07, 6.45) is 7.09. The van der Waals surface area contributed by atoms with Crippen LogP contribution in [0.25, 0.3) is 11.4 Å². The summed E-state index contributed by atoms with van der Waals surface area (Å²) in [5, 5.41) is 7.05. The highest BCUT2D eigenvalue weighted by molar-refractivity contribution is 5.85. The molecular formula is C19H21N5O2. The van der Waals surface area contributed by atoms with Crippen LogP contribution in [0.4, 0.5) is 0 Å². The molecule has 7 heteroatoms. The normalized spacial score (nSPS) is 16.2. The van der Waals surface area contributed by atoms with Gasteiger partial charge in [0.2, 0.25) is 17.6 Å². The van der Waals surface area contributed by atoms with Crippen LogP contribution in [-0.4, -0.2) is 25.6 Å². The fourth-order valence-electron chi connectivity index (χ4n) is 2.98. The zero-order chi connectivity index (χ0) is 18.1. The lowest BCUT2D eigenvalue weighted by molar-refractivity contribution is -0.127. The van der Waals surface area contributed by atoms with Gasteiger partial charge in [0.05, 0.1) is 11.7 Å². The number of benzene rings is 1. The van der Waals surface area contributed by atoms with Gasteiger partial charge >= 0.3 is 0 Å². The molecule has 4 rings (SSSR count). The number of amides is 1. The van der Waals surface area contributed by atoms with Crippen LogP contribution in [0.5, 0.6) is 0 Å². The van der Waals surface area contributed by atoms with Crippen LogP contribution >= 0.6 is 0 Å². The molecule has 134 valence electrons. The molecule has 7 nitrogen and oxygen atoms in total. The molecule has 2 aromatic heterocycles. The summed E-state index contributed by atoms with van der Waals surface area (Å²) < 4.78 is 7.30. The first-order chi connectivity index (χ1) is 12.6. The standard InChI is InChI=1S/C19H21N5O2/c1-13-3-5-15(6-4-13)16-22-17(26-23-16)14(2)21-18(25)19(7-8-19)11-24-10-9-20-12-24/h3-6,9-10,12,14H,7-8,11H2,1-2H3,(H,21,25). The predicted octanol–water partition coefficient (Wildman–Crippen LogP) is 2.90. The number of nitrogens with zero attached hydrogens (tertiary/aromatic N) is 4. The summed E-state index contributed by atoms with van der Waals surface area (Å²) in [7, 11) is 0. The van der Waals surface area contributed by atoms with Crippen LogP contribution in [0.2, 0.25) is 0 Å². The van der Waals surface area contributed by atoms with E-state index in [1.165, 1.54) is 5.56 Å². The van der Waals surface area contributed by atoms with Crippen molar-refractivity contribution in [1.29, 1.82) is 0 Å². The lowest BCUT2D eigenvalue weighted by atomic mass is 10.1. The Kier molecular flexibility index (Phi) is 4.06. The Morgan fingerprint density at radius 1 is 1.35 bits per heavy atom. The largest absolute Gasteiger partial charge is 0.344 e. The molecule has 0 saturated heterocycles. The van der Waals surface area contributed by atoms with Crippen molar-refractivity contribution in [3.8, 4) is 11.4 Å². The van der Waals surface area contributed by atoms with Gasteiger partial charge < -0.3 is 14.4 Å². The van der Waals surface area contributed by atoms with Crippen molar-refractivity contribution < 1.29 is 9.32 Å². The van der Waals surface area contributed by atoms with Gasteiger partial charge in [0.1, 0.15) is 6.04 Å². The van der Waals surface area contributed by atoms with E-state index >= 15 is 0 Å². The summed E-state index contributed by atoms with van der Waals surface area (Å²) in [6, 6.07) is 7.58. The Labute approximate surface area is 151 Å². The third kappa shape index (κ3) is 3.24. The second kappa shape index (κ2) is 6.40. The zero-order valence-electron chi connectivity index (χ0n) is 14.8. The van der Waals surface area contributed by atoms with Gasteiger partial charge in [0, 0.05) is 24.5 Å². The van der Waals surface area contributed by atoms with Crippen molar-refractivity contribution in [1.82, 2.24) is 25.0 Å². The third-order valence-corrected chi connectivity index (χ3v) is 4.85. The zero-order valence-corrected chi connectivity index (χ0v) is 14.8. The highest BCUT2D eigenvalue weighted by Crippen LogP contribution is 2.47. The van der Waals surface area contributed by atoms with Gasteiger partial charge in [0.15, 0.2) is 0 Å². The summed E-state index contributed by atoms with van der Waals surface area (Å²) in [4.78, 5) is 21.2. The minimum absolute atomic E-state index is 0.0220. The van der Waals surface area contributed by atoms with Gasteiger partial charge in [-0.3, -0.25) is 4.79 Å². The lowest BCUT2D eigenvalue weighted by Gasteiger charge is -2.18. The Hall–Kier alpha value is -2.96. The number of imidazole rings is 1. The smallest absolute Gasteiger partial charge is 0.249 e. The van der Waals surface area contributed by atoms with E-state index in [2.05, 4.69) is 20.4 Å². The van der Waals surface area contributed by atoms with Gasteiger partial charge in [-0.1, -0.05) is 35.0 Å². The Bertz CT molecular complexity index is 894. The molecule has 0 aliphatic heterocycles. The molecule has 1 aromatic carbocycles. The fraction of sp³-hybridized carbons (Fsp3) is 0.368. The van der Waals surface area contributed by atoms with Gasteiger partial charge in [-0.25, -0.2) is 4.98 Å². The van der Waals surface area contributed by atoms with Crippen molar-refractivity contribution in [3.63, 3.8) is 0 Å². The van der Waals surface area contributed by atoms with E-state index in [0.29, 0.717) is 18.3 Å². The fourth-order valence-corrected chi connectivity index (χ4v) is 2.98. The van der Waals surface area contributed by atoms with Crippen LogP contribution in [0.3, 0.4) is 0 Å². The van der Waals surface area contributed by atoms with E-state index in [9.17, 15) is 4.79 Å². The molecule has 3 aromatic rings. The molecule has 0 bridgehead atoms. The van der Waals surface area contributed by atoms with Crippen LogP contribution in [0, 0.1) is 12.3 Å². The molecule has 1 unspecified atom stereocenters. The molecule has 1 saturated carbocycles. The van der Waals surface area contributed by atoms with E-state index in [1.54, 1.807) is 12.5 Å². The maximum absolute atomic E-state index is 12.7. The van der Waals surface area contributed by atoms with Crippen molar-refractivity contribution in [3.05, 3.63) is 54.4 Å². The summed E-state index contributed by atoms with van der Waals surface area (Å²) in [5.74, 6) is 0.960. The number of carbonyl (C=O) groups excluding carboxylic acids is 1. The maximum atomic E-state index is 12.7. The minimum atomic E-state index is -0.352. The van der Waals surface area contributed by atoms with Crippen molar-refractivity contribution in [2.75, 3.05) is 0 Å². The molecule has 1 amide bonds. The number of hydrogen-bond acceptors (Lipinski definition) is 5. The number of hydrogen-bond donors (Lipinski definition) is 1. The molecule has 1 atom stereocenters. The highest BCUT2D eigenvalue weighted by Gasteiger charge is 2.50. The molecule has 26 heavy (non-hydrogen) atoms. The minimum Gasteiger partial charge on any atom is -0.344 e. The Morgan fingerprint density at radius 3 is 2.77 bits per heavy atom. The first-order valence-corrected chi connectivity index (χ1v) is 8.73. The average molecular weight is 351 g/mol. The SMILES string of the molecule is Cc1ccc(-c2noc(C(C)NC(=O)C3(Cn4ccnc4)CC3)n2)cc1. The Balaban J connectivity index is 1.43. The lowest BCUT2D eigenvalue weighted by Crippen LogP contribution is -2.36. The third-order valence-electron chi connectivity index (χ3n) is 4.85. The molecule has 1 aliphatic rings. The van der Waals surface area contributed by atoms with Crippen LogP contribution in [0.1, 0.15) is 37.3 Å². The predicted molar refractivity (Wildman–Crippen MR) is 94.9 cm³/mol. The van der Waals surface area contributed by atoms with E-state index in [1.807, 2.05) is 48.9 Å².